The number of nitrogens with zero attached hydrogens (tertiary/aromatic N) is 1. The smallest absolute Gasteiger partial charge is 0.0278 e. The molecule has 2 heterocycles. The van der Waals surface area contributed by atoms with Crippen LogP contribution in [0.25, 0.3) is 0 Å². The summed E-state index contributed by atoms with van der Waals surface area (Å²) in [6, 6.07) is 4.86. The van der Waals surface area contributed by atoms with E-state index in [0.717, 1.165) is 6.04 Å². The molecule has 0 saturated carbocycles. The fourth-order valence-corrected chi connectivity index (χ4v) is 2.52. The Hall–Kier alpha value is -0.540. The molecule has 3 heteroatoms. The van der Waals surface area contributed by atoms with Gasteiger partial charge in [0.15, 0.2) is 0 Å². The molecule has 13 heavy (non-hydrogen) atoms. The van der Waals surface area contributed by atoms with Crippen LogP contribution >= 0.6 is 11.8 Å². The lowest BCUT2D eigenvalue weighted by Crippen LogP contribution is -2.23. The second-order valence-corrected chi connectivity index (χ2v) is 4.38. The lowest BCUT2D eigenvalue weighted by Gasteiger charge is -2.08. The first-order valence-corrected chi connectivity index (χ1v) is 5.70. The molecule has 2 nitrogen and oxygen atoms in total. The van der Waals surface area contributed by atoms with Gasteiger partial charge in [-0.05, 0) is 31.5 Å². The van der Waals surface area contributed by atoms with E-state index in [0.29, 0.717) is 0 Å². The van der Waals surface area contributed by atoms with Crippen molar-refractivity contribution in [1.29, 1.82) is 0 Å². The summed E-state index contributed by atoms with van der Waals surface area (Å²) in [5.74, 6) is 1.18. The molecule has 0 amide bonds. The van der Waals surface area contributed by atoms with Crippen molar-refractivity contribution in [2.75, 3.05) is 12.3 Å². The third-order valence-corrected chi connectivity index (χ3v) is 3.44. The first-order valence-electron chi connectivity index (χ1n) is 4.71. The normalized spacial score (nSPS) is 22.0. The Morgan fingerprint density at radius 1 is 1.46 bits per heavy atom. The predicted molar refractivity (Wildman–Crippen MR) is 56.0 cm³/mol. The van der Waals surface area contributed by atoms with Gasteiger partial charge in [-0.2, -0.15) is 0 Å². The van der Waals surface area contributed by atoms with E-state index in [1.807, 2.05) is 24.2 Å². The van der Waals surface area contributed by atoms with E-state index in [1.54, 1.807) is 0 Å². The molecule has 0 bridgehead atoms. The summed E-state index contributed by atoms with van der Waals surface area (Å²) in [5, 5.41) is 3.49. The average Bonchev–Trinajstić information content (AvgIpc) is 2.69. The fourth-order valence-electron chi connectivity index (χ4n) is 1.53. The third kappa shape index (κ3) is 2.71. The van der Waals surface area contributed by atoms with Gasteiger partial charge in [-0.25, -0.2) is 0 Å². The molecule has 1 aliphatic heterocycles. The molecule has 0 radical (unpaired) electrons. The van der Waals surface area contributed by atoms with Crippen LogP contribution in [-0.4, -0.2) is 23.3 Å². The third-order valence-electron chi connectivity index (χ3n) is 2.26. The minimum atomic E-state index is 0.721. The highest BCUT2D eigenvalue weighted by atomic mass is 32.2. The summed E-state index contributed by atoms with van der Waals surface area (Å²) in [4.78, 5) is 5.32. The van der Waals surface area contributed by atoms with Crippen LogP contribution in [0.5, 0.6) is 0 Å². The SMILES string of the molecule is c1cc(SC[C@H]2CCCN2)ccn1. The fraction of sp³-hybridized carbons (Fsp3) is 0.500. The molecule has 1 atom stereocenters. The van der Waals surface area contributed by atoms with E-state index in [-0.39, 0.29) is 0 Å². The maximum atomic E-state index is 4.00. The van der Waals surface area contributed by atoms with Crippen LogP contribution in [-0.2, 0) is 0 Å². The molecule has 1 aromatic rings. The number of nitrogens with one attached hydrogen (secondary N) is 1. The van der Waals surface area contributed by atoms with Crippen LogP contribution < -0.4 is 5.32 Å². The van der Waals surface area contributed by atoms with Gasteiger partial charge >= 0.3 is 0 Å². The van der Waals surface area contributed by atoms with E-state index in [4.69, 9.17) is 0 Å². The van der Waals surface area contributed by atoms with Gasteiger partial charge in [0.2, 0.25) is 0 Å². The molecule has 0 aromatic carbocycles. The summed E-state index contributed by atoms with van der Waals surface area (Å²) in [5.41, 5.74) is 0. The van der Waals surface area contributed by atoms with Crippen molar-refractivity contribution in [3.05, 3.63) is 24.5 Å². The first kappa shape index (κ1) is 9.03. The van der Waals surface area contributed by atoms with Crippen molar-refractivity contribution in [2.45, 2.75) is 23.8 Å². The van der Waals surface area contributed by atoms with Gasteiger partial charge in [-0.15, -0.1) is 11.8 Å². The lowest BCUT2D eigenvalue weighted by atomic mass is 10.3. The van der Waals surface area contributed by atoms with Crippen molar-refractivity contribution in [2.24, 2.45) is 0 Å². The molecule has 2 rings (SSSR count). The zero-order valence-corrected chi connectivity index (χ0v) is 8.39. The van der Waals surface area contributed by atoms with Gasteiger partial charge in [0.25, 0.3) is 0 Å². The van der Waals surface area contributed by atoms with Gasteiger partial charge < -0.3 is 5.32 Å². The molecule has 1 fully saturated rings. The second-order valence-electron chi connectivity index (χ2n) is 3.29. The monoisotopic (exact) mass is 194 g/mol. The summed E-state index contributed by atoms with van der Waals surface area (Å²) >= 11 is 1.92. The number of aromatic nitrogens is 1. The lowest BCUT2D eigenvalue weighted by molar-refractivity contribution is 0.674. The van der Waals surface area contributed by atoms with Gasteiger partial charge in [0, 0.05) is 29.1 Å². The molecular weight excluding hydrogens is 180 g/mol. The van der Waals surface area contributed by atoms with Crippen LogP contribution in [0.1, 0.15) is 12.8 Å². The number of thioether (sulfide) groups is 1. The predicted octanol–water partition coefficient (Wildman–Crippen LogP) is 1.93. The summed E-state index contributed by atoms with van der Waals surface area (Å²) in [6.07, 6.45) is 6.37. The molecule has 1 saturated heterocycles. The van der Waals surface area contributed by atoms with E-state index in [2.05, 4.69) is 22.4 Å². The Kier molecular flexibility index (Phi) is 3.22. The Labute approximate surface area is 83.1 Å². The largest absolute Gasteiger partial charge is 0.313 e. The van der Waals surface area contributed by atoms with Crippen molar-refractivity contribution in [1.82, 2.24) is 10.3 Å². The van der Waals surface area contributed by atoms with Gasteiger partial charge in [0.1, 0.15) is 0 Å². The molecular formula is C10H14N2S. The van der Waals surface area contributed by atoms with Crippen molar-refractivity contribution < 1.29 is 0 Å². The Bertz CT molecular complexity index is 244. The number of hydrogen-bond acceptors (Lipinski definition) is 3. The van der Waals surface area contributed by atoms with Crippen LogP contribution in [0.3, 0.4) is 0 Å². The molecule has 70 valence electrons. The standard InChI is InChI=1S/C10H14N2S/c1-2-9(12-5-1)8-13-10-3-6-11-7-4-10/h3-4,6-7,9,12H,1-2,5,8H2/t9-/m1/s1. The number of pyridine rings is 1. The van der Waals surface area contributed by atoms with Gasteiger partial charge in [-0.3, -0.25) is 4.98 Å². The van der Waals surface area contributed by atoms with Crippen molar-refractivity contribution >= 4 is 11.8 Å². The quantitative estimate of drug-likeness (QED) is 0.744. The minimum Gasteiger partial charge on any atom is -0.313 e. The van der Waals surface area contributed by atoms with Crippen molar-refractivity contribution in [3.63, 3.8) is 0 Å². The number of rotatable bonds is 3. The molecule has 0 unspecified atom stereocenters. The molecule has 1 aliphatic rings. The van der Waals surface area contributed by atoms with Crippen molar-refractivity contribution in [3.8, 4) is 0 Å². The van der Waals surface area contributed by atoms with E-state index < -0.39 is 0 Å². The zero-order chi connectivity index (χ0) is 8.93. The average molecular weight is 194 g/mol. The van der Waals surface area contributed by atoms with E-state index in [1.165, 1.54) is 30.0 Å². The second kappa shape index (κ2) is 4.63. The molecule has 1 aromatic heterocycles. The van der Waals surface area contributed by atoms with Gasteiger partial charge in [-0.1, -0.05) is 0 Å². The zero-order valence-electron chi connectivity index (χ0n) is 7.57. The summed E-state index contributed by atoms with van der Waals surface area (Å²) in [6.45, 7) is 1.20. The minimum absolute atomic E-state index is 0.721. The molecule has 0 aliphatic carbocycles. The maximum absolute atomic E-state index is 4.00. The summed E-state index contributed by atoms with van der Waals surface area (Å²) in [7, 11) is 0. The maximum Gasteiger partial charge on any atom is 0.0278 e. The highest BCUT2D eigenvalue weighted by Gasteiger charge is 2.13. The van der Waals surface area contributed by atoms with E-state index >= 15 is 0 Å². The van der Waals surface area contributed by atoms with E-state index in [9.17, 15) is 0 Å². The highest BCUT2D eigenvalue weighted by molar-refractivity contribution is 7.99. The van der Waals surface area contributed by atoms with Crippen LogP contribution in [0.2, 0.25) is 0 Å². The first-order chi connectivity index (χ1) is 6.45. The topological polar surface area (TPSA) is 24.9 Å². The highest BCUT2D eigenvalue weighted by Crippen LogP contribution is 2.20. The van der Waals surface area contributed by atoms with Crippen LogP contribution in [0, 0.1) is 0 Å². The van der Waals surface area contributed by atoms with Crippen LogP contribution in [0.4, 0.5) is 0 Å². The Balaban J connectivity index is 1.79. The Morgan fingerprint density at radius 3 is 3.00 bits per heavy atom. The molecule has 0 spiro atoms. The van der Waals surface area contributed by atoms with Gasteiger partial charge in [0.05, 0.1) is 0 Å². The van der Waals surface area contributed by atoms with Crippen LogP contribution in [0.15, 0.2) is 29.4 Å². The summed E-state index contributed by atoms with van der Waals surface area (Å²) < 4.78 is 0. The Morgan fingerprint density at radius 2 is 2.31 bits per heavy atom. The molecule has 1 N–H and O–H groups in total. The number of hydrogen-bond donors (Lipinski definition) is 1.